The average Bonchev–Trinajstić information content (AvgIpc) is 2.00. The van der Waals surface area contributed by atoms with Gasteiger partial charge in [0.05, 0.1) is 6.61 Å². The highest BCUT2D eigenvalue weighted by molar-refractivity contribution is 5.87. The van der Waals surface area contributed by atoms with Gasteiger partial charge < -0.3 is 20.4 Å². The Hall–Kier alpha value is -0.490. The van der Waals surface area contributed by atoms with Gasteiger partial charge in [0, 0.05) is 0 Å². The van der Waals surface area contributed by atoms with Gasteiger partial charge in [-0.05, 0) is 6.92 Å². The number of hydrogen-bond acceptors (Lipinski definition) is 5. The molecule has 0 unspecified atom stereocenters. The van der Waals surface area contributed by atoms with Crippen LogP contribution in [-0.4, -0.2) is 51.1 Å². The molecule has 0 spiro atoms. The second kappa shape index (κ2) is 4.40. The van der Waals surface area contributed by atoms with E-state index in [9.17, 15) is 4.79 Å². The summed E-state index contributed by atoms with van der Waals surface area (Å²) in [7, 11) is 0. The zero-order chi connectivity index (χ0) is 9.02. The highest BCUT2D eigenvalue weighted by Gasteiger charge is 2.26. The number of ketones is 1. The smallest absolute Gasteiger partial charge is 0.192 e. The van der Waals surface area contributed by atoms with Crippen LogP contribution in [0.4, 0.5) is 0 Å². The van der Waals surface area contributed by atoms with Crippen LogP contribution in [0.2, 0.25) is 0 Å². The molecule has 0 fully saturated rings. The fourth-order valence-corrected chi connectivity index (χ4v) is 0.537. The first kappa shape index (κ1) is 10.5. The molecule has 0 heterocycles. The Balaban J connectivity index is 4.02. The maximum absolute atomic E-state index is 10.7. The summed E-state index contributed by atoms with van der Waals surface area (Å²) in [6.45, 7) is 0.468. The lowest BCUT2D eigenvalue weighted by Crippen LogP contribution is -2.41. The summed E-state index contributed by atoms with van der Waals surface area (Å²) in [6.07, 6.45) is -4.55. The first-order chi connectivity index (χ1) is 5.00. The summed E-state index contributed by atoms with van der Waals surface area (Å²) in [6, 6.07) is 0. The molecule has 0 aliphatic carbocycles. The molecule has 0 rings (SSSR count). The van der Waals surface area contributed by atoms with Gasteiger partial charge in [0.1, 0.15) is 18.3 Å². The van der Waals surface area contributed by atoms with E-state index in [1.807, 2.05) is 0 Å². The zero-order valence-electron chi connectivity index (χ0n) is 6.14. The van der Waals surface area contributed by atoms with Gasteiger partial charge in [-0.15, -0.1) is 0 Å². The molecule has 0 aromatic rings. The van der Waals surface area contributed by atoms with E-state index in [-0.39, 0.29) is 0 Å². The third-order valence-electron chi connectivity index (χ3n) is 1.25. The molecule has 0 aliphatic heterocycles. The summed E-state index contributed by atoms with van der Waals surface area (Å²) in [5.74, 6) is -0.897. The quantitative estimate of drug-likeness (QED) is 0.373. The van der Waals surface area contributed by atoms with Crippen molar-refractivity contribution in [1.82, 2.24) is 0 Å². The van der Waals surface area contributed by atoms with Crippen molar-refractivity contribution in [3.8, 4) is 0 Å². The molecule has 11 heavy (non-hydrogen) atoms. The first-order valence-corrected chi connectivity index (χ1v) is 3.19. The molecule has 5 heteroatoms. The molecule has 0 amide bonds. The number of carbonyl (C=O) groups is 1. The average molecular weight is 164 g/mol. The summed E-state index contributed by atoms with van der Waals surface area (Å²) in [4.78, 5) is 10.7. The van der Waals surface area contributed by atoms with Crippen LogP contribution in [0.25, 0.3) is 0 Å². The van der Waals surface area contributed by atoms with E-state index in [1.54, 1.807) is 0 Å². The molecule has 0 radical (unpaired) electrons. The van der Waals surface area contributed by atoms with Crippen LogP contribution in [0.1, 0.15) is 6.92 Å². The number of rotatable bonds is 4. The molecule has 4 N–H and O–H groups in total. The van der Waals surface area contributed by atoms with E-state index in [0.29, 0.717) is 0 Å². The maximum atomic E-state index is 10.7. The Labute approximate surface area is 63.9 Å². The molecule has 5 nitrogen and oxygen atoms in total. The Morgan fingerprint density at radius 3 is 2.09 bits per heavy atom. The first-order valence-electron chi connectivity index (χ1n) is 3.19. The molecular formula is C6H12O5. The van der Waals surface area contributed by atoms with E-state index in [1.165, 1.54) is 6.92 Å². The third-order valence-corrected chi connectivity index (χ3v) is 1.25. The van der Waals surface area contributed by atoms with Crippen LogP contribution < -0.4 is 0 Å². The molecule has 3 atom stereocenters. The van der Waals surface area contributed by atoms with Crippen LogP contribution >= 0.6 is 0 Å². The highest BCUT2D eigenvalue weighted by Crippen LogP contribution is 1.97. The summed E-state index contributed by atoms with van der Waals surface area (Å²) in [5, 5.41) is 34.5. The van der Waals surface area contributed by atoms with Crippen LogP contribution in [0.15, 0.2) is 0 Å². The minimum absolute atomic E-state index is 0.709. The molecule has 0 aliphatic rings. The number of hydrogen-bond donors (Lipinski definition) is 4. The summed E-state index contributed by atoms with van der Waals surface area (Å²) < 4.78 is 0. The van der Waals surface area contributed by atoms with Crippen LogP contribution in [-0.2, 0) is 4.79 Å². The molecule has 0 aromatic carbocycles. The van der Waals surface area contributed by atoms with Crippen molar-refractivity contribution in [2.45, 2.75) is 25.2 Å². The maximum Gasteiger partial charge on any atom is 0.192 e. The van der Waals surface area contributed by atoms with E-state index in [2.05, 4.69) is 0 Å². The molecule has 0 aromatic heterocycles. The van der Waals surface area contributed by atoms with Gasteiger partial charge in [-0.25, -0.2) is 0 Å². The Kier molecular flexibility index (Phi) is 4.20. The molecule has 0 saturated carbocycles. The van der Waals surface area contributed by atoms with E-state index in [4.69, 9.17) is 20.4 Å². The minimum atomic E-state index is -1.71. The monoisotopic (exact) mass is 164 g/mol. The van der Waals surface area contributed by atoms with Gasteiger partial charge in [0.15, 0.2) is 5.78 Å². The summed E-state index contributed by atoms with van der Waals surface area (Å²) in [5.41, 5.74) is 0. The van der Waals surface area contributed by atoms with Crippen molar-refractivity contribution in [3.05, 3.63) is 0 Å². The van der Waals surface area contributed by atoms with Crippen molar-refractivity contribution in [2.75, 3.05) is 6.61 Å². The fraction of sp³-hybridized carbons (Fsp3) is 0.833. The Morgan fingerprint density at radius 1 is 1.36 bits per heavy atom. The second-order valence-corrected chi connectivity index (χ2v) is 2.27. The number of aliphatic hydroxyl groups excluding tert-OH is 4. The highest BCUT2D eigenvalue weighted by atomic mass is 16.4. The van der Waals surface area contributed by atoms with Crippen LogP contribution in [0.3, 0.4) is 0 Å². The van der Waals surface area contributed by atoms with Crippen molar-refractivity contribution in [3.63, 3.8) is 0 Å². The SMILES string of the molecule is C[C@@H](O)C(=O)[C@H](O)[C@@H](O)CO. The molecular weight excluding hydrogens is 152 g/mol. The molecule has 0 saturated heterocycles. The molecule has 0 bridgehead atoms. The zero-order valence-corrected chi connectivity index (χ0v) is 6.14. The van der Waals surface area contributed by atoms with E-state index < -0.39 is 30.7 Å². The van der Waals surface area contributed by atoms with Crippen molar-refractivity contribution in [1.29, 1.82) is 0 Å². The predicted octanol–water partition coefficient (Wildman–Crippen LogP) is -2.35. The summed E-state index contributed by atoms with van der Waals surface area (Å²) >= 11 is 0. The number of aliphatic hydroxyl groups is 4. The topological polar surface area (TPSA) is 98.0 Å². The number of Topliss-reactive ketones (excluding diaryl/α,β-unsaturated/α-hetero) is 1. The van der Waals surface area contributed by atoms with Crippen molar-refractivity contribution in [2.24, 2.45) is 0 Å². The predicted molar refractivity (Wildman–Crippen MR) is 35.8 cm³/mol. The lowest BCUT2D eigenvalue weighted by atomic mass is 10.1. The lowest BCUT2D eigenvalue weighted by Gasteiger charge is -2.15. The standard InChI is InChI=1S/C6H12O5/c1-3(8)5(10)6(11)4(9)2-7/h3-4,6-9,11H,2H2,1H3/t3-,4+,6-/m1/s1. The molecule has 66 valence electrons. The van der Waals surface area contributed by atoms with E-state index in [0.717, 1.165) is 0 Å². The Bertz CT molecular complexity index is 133. The van der Waals surface area contributed by atoms with Crippen LogP contribution in [0.5, 0.6) is 0 Å². The second-order valence-electron chi connectivity index (χ2n) is 2.27. The largest absolute Gasteiger partial charge is 0.394 e. The normalized spacial score (nSPS) is 19.0. The van der Waals surface area contributed by atoms with E-state index >= 15 is 0 Å². The van der Waals surface area contributed by atoms with Crippen molar-refractivity contribution < 1.29 is 25.2 Å². The van der Waals surface area contributed by atoms with Gasteiger partial charge in [-0.2, -0.15) is 0 Å². The van der Waals surface area contributed by atoms with Gasteiger partial charge in [-0.1, -0.05) is 0 Å². The number of carbonyl (C=O) groups excluding carboxylic acids is 1. The van der Waals surface area contributed by atoms with Crippen molar-refractivity contribution >= 4 is 5.78 Å². The van der Waals surface area contributed by atoms with Gasteiger partial charge >= 0.3 is 0 Å². The Morgan fingerprint density at radius 2 is 1.82 bits per heavy atom. The fourth-order valence-electron chi connectivity index (χ4n) is 0.537. The van der Waals surface area contributed by atoms with Gasteiger partial charge in [0.25, 0.3) is 0 Å². The lowest BCUT2D eigenvalue weighted by molar-refractivity contribution is -0.142. The van der Waals surface area contributed by atoms with Gasteiger partial charge in [-0.3, -0.25) is 4.79 Å². The van der Waals surface area contributed by atoms with Gasteiger partial charge in [0.2, 0.25) is 0 Å². The minimum Gasteiger partial charge on any atom is -0.394 e. The third kappa shape index (κ3) is 2.94. The van der Waals surface area contributed by atoms with Crippen LogP contribution in [0, 0.1) is 0 Å².